The van der Waals surface area contributed by atoms with Gasteiger partial charge in [-0.2, -0.15) is 0 Å². The second kappa shape index (κ2) is 4.43. The molecule has 1 aromatic rings. The fourth-order valence-electron chi connectivity index (χ4n) is 1.87. The van der Waals surface area contributed by atoms with Gasteiger partial charge in [-0.05, 0) is 12.5 Å². The number of carbonyl (C=O) groups excluding carboxylic acids is 1. The van der Waals surface area contributed by atoms with Crippen molar-refractivity contribution in [1.29, 1.82) is 0 Å². The van der Waals surface area contributed by atoms with E-state index >= 15 is 0 Å². The van der Waals surface area contributed by atoms with Gasteiger partial charge in [0.25, 0.3) is 0 Å². The first-order valence-electron chi connectivity index (χ1n) is 5.47. The Hall–Kier alpha value is -1.07. The molecule has 0 saturated carbocycles. The first-order chi connectivity index (χ1) is 7.61. The van der Waals surface area contributed by atoms with Gasteiger partial charge < -0.3 is 15.7 Å². The Morgan fingerprint density at radius 2 is 2.50 bits per heavy atom. The third-order valence-corrected chi connectivity index (χ3v) is 4.05. The quantitative estimate of drug-likeness (QED) is 0.786. The fourth-order valence-corrected chi connectivity index (χ4v) is 2.99. The summed E-state index contributed by atoms with van der Waals surface area (Å²) in [5, 5.41) is 10.4. The molecule has 2 heterocycles. The lowest BCUT2D eigenvalue weighted by atomic mass is 10.2. The minimum atomic E-state index is -0.256. The zero-order chi connectivity index (χ0) is 11.7. The number of aliphatic hydroxyl groups is 1. The minimum Gasteiger partial charge on any atom is -0.397 e. The predicted octanol–water partition coefficient (Wildman–Crippen LogP) is 1.49. The van der Waals surface area contributed by atoms with Crippen molar-refractivity contribution in [3.8, 4) is 0 Å². The third-order valence-electron chi connectivity index (χ3n) is 2.80. The predicted molar refractivity (Wildman–Crippen MR) is 66.2 cm³/mol. The molecular weight excluding hydrogens is 224 g/mol. The molecule has 5 heteroatoms. The summed E-state index contributed by atoms with van der Waals surface area (Å²) in [4.78, 5) is 14.3. The lowest BCUT2D eigenvalue weighted by Gasteiger charge is -2.14. The molecule has 0 aromatic carbocycles. The molecule has 0 bridgehead atoms. The second-order valence-electron chi connectivity index (χ2n) is 4.03. The number of hydrogen-bond acceptors (Lipinski definition) is 5. The van der Waals surface area contributed by atoms with Crippen molar-refractivity contribution < 1.29 is 9.90 Å². The normalized spacial score (nSPS) is 20.4. The van der Waals surface area contributed by atoms with E-state index in [1.807, 2.05) is 13.0 Å². The van der Waals surface area contributed by atoms with Crippen molar-refractivity contribution in [2.75, 3.05) is 23.7 Å². The molecule has 1 aromatic heterocycles. The lowest BCUT2D eigenvalue weighted by Crippen LogP contribution is -2.19. The highest BCUT2D eigenvalue weighted by Gasteiger charge is 2.23. The molecule has 3 N–H and O–H groups in total. The molecule has 2 rings (SSSR count). The molecule has 1 unspecified atom stereocenters. The van der Waals surface area contributed by atoms with Crippen LogP contribution >= 0.6 is 11.3 Å². The summed E-state index contributed by atoms with van der Waals surface area (Å²) in [6, 6.07) is 1.84. The molecule has 1 aliphatic rings. The standard InChI is InChI=1S/C11H16N2O2S/c1-2-9(15)11-8(12)5-10(16-11)13-4-3-7(14)6-13/h5,7,14H,2-4,6,12H2,1H3. The number of Topliss-reactive ketones (excluding diaryl/α,β-unsaturated/α-hetero) is 1. The van der Waals surface area contributed by atoms with Crippen LogP contribution in [0, 0.1) is 0 Å². The monoisotopic (exact) mass is 240 g/mol. The van der Waals surface area contributed by atoms with Crippen LogP contribution in [-0.4, -0.2) is 30.1 Å². The zero-order valence-electron chi connectivity index (χ0n) is 9.27. The Labute approximate surface area is 98.7 Å². The topological polar surface area (TPSA) is 66.6 Å². The Balaban J connectivity index is 2.20. The molecular formula is C11H16N2O2S. The summed E-state index contributed by atoms with van der Waals surface area (Å²) in [5.41, 5.74) is 6.38. The maximum Gasteiger partial charge on any atom is 0.174 e. The van der Waals surface area contributed by atoms with Gasteiger partial charge in [0.1, 0.15) is 0 Å². The average Bonchev–Trinajstić information content (AvgIpc) is 2.83. The summed E-state index contributed by atoms with van der Waals surface area (Å²) in [6.07, 6.45) is 1.01. The van der Waals surface area contributed by atoms with E-state index in [4.69, 9.17) is 5.73 Å². The number of thiophene rings is 1. The highest BCUT2D eigenvalue weighted by atomic mass is 32.1. The van der Waals surface area contributed by atoms with Gasteiger partial charge in [0, 0.05) is 19.5 Å². The molecule has 1 fully saturated rings. The first-order valence-corrected chi connectivity index (χ1v) is 6.29. The number of carbonyl (C=O) groups is 1. The Kier molecular flexibility index (Phi) is 3.16. The molecule has 16 heavy (non-hydrogen) atoms. The number of ketones is 1. The van der Waals surface area contributed by atoms with Crippen LogP contribution in [0.1, 0.15) is 29.4 Å². The minimum absolute atomic E-state index is 0.0912. The van der Waals surface area contributed by atoms with Gasteiger partial charge in [-0.3, -0.25) is 4.79 Å². The van der Waals surface area contributed by atoms with Crippen molar-refractivity contribution >= 4 is 27.8 Å². The number of nitrogens with zero attached hydrogens (tertiary/aromatic N) is 1. The number of nitrogen functional groups attached to an aromatic ring is 1. The van der Waals surface area contributed by atoms with Gasteiger partial charge in [-0.25, -0.2) is 0 Å². The van der Waals surface area contributed by atoms with E-state index in [-0.39, 0.29) is 11.9 Å². The fraction of sp³-hybridized carbons (Fsp3) is 0.545. The van der Waals surface area contributed by atoms with E-state index < -0.39 is 0 Å². The highest BCUT2D eigenvalue weighted by molar-refractivity contribution is 7.18. The molecule has 1 saturated heterocycles. The Bertz CT molecular complexity index is 403. The molecule has 0 amide bonds. The van der Waals surface area contributed by atoms with Crippen LogP contribution in [0.2, 0.25) is 0 Å². The van der Waals surface area contributed by atoms with Gasteiger partial charge >= 0.3 is 0 Å². The van der Waals surface area contributed by atoms with Crippen molar-refractivity contribution in [3.05, 3.63) is 10.9 Å². The van der Waals surface area contributed by atoms with Gasteiger partial charge in [0.15, 0.2) is 5.78 Å². The van der Waals surface area contributed by atoms with Crippen molar-refractivity contribution in [3.63, 3.8) is 0 Å². The van der Waals surface area contributed by atoms with Crippen LogP contribution in [0.25, 0.3) is 0 Å². The van der Waals surface area contributed by atoms with E-state index in [2.05, 4.69) is 4.90 Å². The van der Waals surface area contributed by atoms with Crippen LogP contribution in [0.5, 0.6) is 0 Å². The summed E-state index contributed by atoms with van der Waals surface area (Å²) in [5.74, 6) is 0.0912. The van der Waals surface area contributed by atoms with Crippen molar-refractivity contribution in [2.45, 2.75) is 25.9 Å². The average molecular weight is 240 g/mol. The molecule has 1 atom stereocenters. The maximum atomic E-state index is 11.6. The maximum absolute atomic E-state index is 11.6. The smallest absolute Gasteiger partial charge is 0.174 e. The van der Waals surface area contributed by atoms with E-state index in [9.17, 15) is 9.90 Å². The SMILES string of the molecule is CCC(=O)c1sc(N2CCC(O)C2)cc1N. The zero-order valence-corrected chi connectivity index (χ0v) is 10.1. The van der Waals surface area contributed by atoms with E-state index in [0.717, 1.165) is 18.0 Å². The third kappa shape index (κ3) is 2.05. The van der Waals surface area contributed by atoms with Crippen LogP contribution in [0.4, 0.5) is 10.7 Å². The Morgan fingerprint density at radius 3 is 3.06 bits per heavy atom. The summed E-state index contributed by atoms with van der Waals surface area (Å²) in [7, 11) is 0. The number of hydrogen-bond donors (Lipinski definition) is 2. The molecule has 88 valence electrons. The molecule has 0 radical (unpaired) electrons. The lowest BCUT2D eigenvalue weighted by molar-refractivity contribution is 0.0993. The summed E-state index contributed by atoms with van der Waals surface area (Å²) < 4.78 is 0. The Morgan fingerprint density at radius 1 is 1.75 bits per heavy atom. The van der Waals surface area contributed by atoms with Gasteiger partial charge in [0.05, 0.1) is 21.7 Å². The summed E-state index contributed by atoms with van der Waals surface area (Å²) >= 11 is 1.43. The van der Waals surface area contributed by atoms with Crippen molar-refractivity contribution in [1.82, 2.24) is 0 Å². The molecule has 1 aliphatic heterocycles. The number of β-amino-alcohol motifs (C(OH)–C–C–N with tert-alkyl or cyclic N) is 1. The van der Waals surface area contributed by atoms with Gasteiger partial charge in [0.2, 0.25) is 0 Å². The molecule has 0 spiro atoms. The van der Waals surface area contributed by atoms with E-state index in [1.54, 1.807) is 0 Å². The molecule has 4 nitrogen and oxygen atoms in total. The van der Waals surface area contributed by atoms with Crippen LogP contribution in [0.15, 0.2) is 6.07 Å². The van der Waals surface area contributed by atoms with E-state index in [0.29, 0.717) is 23.5 Å². The number of anilines is 2. The van der Waals surface area contributed by atoms with Gasteiger partial charge in [-0.1, -0.05) is 6.92 Å². The van der Waals surface area contributed by atoms with Crippen LogP contribution in [0.3, 0.4) is 0 Å². The van der Waals surface area contributed by atoms with Crippen LogP contribution < -0.4 is 10.6 Å². The number of aliphatic hydroxyl groups excluding tert-OH is 1. The number of rotatable bonds is 3. The van der Waals surface area contributed by atoms with E-state index in [1.165, 1.54) is 11.3 Å². The highest BCUT2D eigenvalue weighted by Crippen LogP contribution is 2.34. The number of nitrogens with two attached hydrogens (primary N) is 1. The molecule has 0 aliphatic carbocycles. The first kappa shape index (κ1) is 11.4. The van der Waals surface area contributed by atoms with Crippen molar-refractivity contribution in [2.24, 2.45) is 0 Å². The summed E-state index contributed by atoms with van der Waals surface area (Å²) in [6.45, 7) is 3.31. The second-order valence-corrected chi connectivity index (χ2v) is 5.06. The van der Waals surface area contributed by atoms with Crippen LogP contribution in [-0.2, 0) is 0 Å². The largest absolute Gasteiger partial charge is 0.397 e. The van der Waals surface area contributed by atoms with Gasteiger partial charge in [-0.15, -0.1) is 11.3 Å².